The number of para-hydroxylation sites is 6. The Bertz CT molecular complexity index is 8590. The fraction of sp³-hybridized carbons (Fsp3) is 0. The van der Waals surface area contributed by atoms with Crippen molar-refractivity contribution in [1.82, 2.24) is 53.7 Å². The quantitative estimate of drug-likeness (QED) is 0.0636. The Labute approximate surface area is 813 Å². The molecular weight excluding hydrogens is 1800 g/mol. The number of fused-ring (bicyclic) bond motifs is 16. The van der Waals surface area contributed by atoms with Crippen molar-refractivity contribution in [1.29, 1.82) is 0 Å². The molecule has 16 aromatic carbocycles. The summed E-state index contributed by atoms with van der Waals surface area (Å²) in [5.74, 6) is 1.73. The molecule has 0 aliphatic heterocycles. The largest absolute Gasteiger partial charge is 0.292 e. The number of rotatable bonds is 17. The number of imidazole rings is 2. The van der Waals surface area contributed by atoms with Crippen LogP contribution in [0, 0.1) is 0 Å². The summed E-state index contributed by atoms with van der Waals surface area (Å²) in [7, 11) is 0. The molecule has 0 saturated carbocycles. The molecule has 25 rings (SSSR count). The first-order chi connectivity index (χ1) is 68.0. The molecule has 0 aliphatic carbocycles. The summed E-state index contributed by atoms with van der Waals surface area (Å²) in [6, 6.07) is 157. The van der Waals surface area contributed by atoms with Crippen molar-refractivity contribution in [3.63, 3.8) is 0 Å². The lowest BCUT2D eigenvalue weighted by Gasteiger charge is -2.25. The molecule has 9 heterocycles. The van der Waals surface area contributed by atoms with Crippen LogP contribution in [0.25, 0.3) is 167 Å². The van der Waals surface area contributed by atoms with E-state index >= 15 is 0 Å². The maximum Gasteiger partial charge on any atom is 0.164 e. The molecule has 0 fully saturated rings. The predicted molar refractivity (Wildman–Crippen MR) is 588 cm³/mol. The van der Waals surface area contributed by atoms with E-state index in [1.54, 1.807) is 12.4 Å². The number of benzene rings is 16. The standard InChI is InChI=1S/C44H27N4PS.C43H30N5PS.C34H25N2PS/c50-49(28-12-2-1-3-13-28,29-22-24-33-35(26-29)31-14-4-8-18-39(31)47-41-20-10-6-16-37(41)45-43(33)47)30-23-25-34-36(27-30)32-15-5-9-19-40(32)48-42-21-11-7-17-38(42)46-44(34)48;50-49(36-17-3-1-4-18-36,37-19-5-2-6-20-37)38-25-23-31(24-26-38)41-46-42(34-15-11-13-32(29-34)39-21-7-9-27-44-39)48-43(47-41)35-16-12-14-33(30-35)40-22-8-10-28-45-40;38-37(30-11-3-1-4-12-30,31-13-5-2-6-14-31)32-19-17-26(18-20-32)27-23-28(33-15-7-9-21-35-33)25-29(24-27)34-16-8-10-22-36-34/h1-27H;1-30H;1-25H. The van der Waals surface area contributed by atoms with Crippen LogP contribution in [0.1, 0.15) is 0 Å². The normalized spacial score (nSPS) is 11.7. The Hall–Kier alpha value is -16.0. The minimum absolute atomic E-state index is 0.578. The van der Waals surface area contributed by atoms with Crippen molar-refractivity contribution in [3.8, 4) is 90.3 Å². The van der Waals surface area contributed by atoms with Gasteiger partial charge in [0.25, 0.3) is 0 Å². The number of pyridine rings is 6. The summed E-state index contributed by atoms with van der Waals surface area (Å²) >= 11 is 20.2. The average molecular weight is 1880 g/mol. The van der Waals surface area contributed by atoms with E-state index in [2.05, 4.69) is 368 Å². The summed E-state index contributed by atoms with van der Waals surface area (Å²) < 4.78 is 4.60. The topological polar surface area (TPSA) is 125 Å². The molecule has 0 saturated heterocycles. The van der Waals surface area contributed by atoms with E-state index in [-0.39, 0.29) is 0 Å². The molecule has 0 N–H and O–H groups in total. The van der Waals surface area contributed by atoms with Gasteiger partial charge < -0.3 is 0 Å². The smallest absolute Gasteiger partial charge is 0.164 e. The van der Waals surface area contributed by atoms with Gasteiger partial charge in [-0.2, -0.15) is 0 Å². The highest BCUT2D eigenvalue weighted by Crippen LogP contribution is 2.49. The lowest BCUT2D eigenvalue weighted by Crippen LogP contribution is -2.25. The fourth-order valence-electron chi connectivity index (χ4n) is 18.8. The van der Waals surface area contributed by atoms with E-state index in [4.69, 9.17) is 60.3 Å². The summed E-state index contributed by atoms with van der Waals surface area (Å²) in [5.41, 5.74) is 21.0. The highest BCUT2D eigenvalue weighted by Gasteiger charge is 2.31. The molecule has 9 aromatic heterocycles. The van der Waals surface area contributed by atoms with E-state index in [1.165, 1.54) is 42.8 Å². The van der Waals surface area contributed by atoms with Gasteiger partial charge in [-0.15, -0.1) is 0 Å². The summed E-state index contributed by atoms with van der Waals surface area (Å²) in [6.07, 6.45) is 7.26. The van der Waals surface area contributed by atoms with Gasteiger partial charge in [0.05, 0.1) is 55.9 Å². The Kier molecular flexibility index (Phi) is 23.3. The number of hydrogen-bond acceptors (Lipinski definition) is 12. The lowest BCUT2D eigenvalue weighted by atomic mass is 9.96. The Morgan fingerprint density at radius 1 is 0.167 bits per heavy atom. The van der Waals surface area contributed by atoms with Crippen LogP contribution in [0.15, 0.2) is 498 Å². The molecule has 0 radical (unpaired) electrons. The summed E-state index contributed by atoms with van der Waals surface area (Å²) in [4.78, 5) is 43.7. The van der Waals surface area contributed by atoms with Crippen LogP contribution in [0.2, 0.25) is 0 Å². The Morgan fingerprint density at radius 2 is 0.442 bits per heavy atom. The summed E-state index contributed by atoms with van der Waals surface area (Å²) in [6.45, 7) is 0. The molecule has 0 aliphatic rings. The maximum atomic E-state index is 7.04. The first-order valence-electron chi connectivity index (χ1n) is 45.6. The fourth-order valence-corrected chi connectivity index (χ4v) is 30.0. The van der Waals surface area contributed by atoms with Crippen molar-refractivity contribution in [2.45, 2.75) is 0 Å². The van der Waals surface area contributed by atoms with Crippen LogP contribution < -0.4 is 47.7 Å². The lowest BCUT2D eigenvalue weighted by molar-refractivity contribution is 1.07. The first kappa shape index (κ1) is 86.2. The van der Waals surface area contributed by atoms with Gasteiger partial charge in [0.1, 0.15) is 11.3 Å². The van der Waals surface area contributed by atoms with E-state index < -0.39 is 18.1 Å². The van der Waals surface area contributed by atoms with Crippen LogP contribution in [-0.2, 0) is 35.4 Å². The second-order valence-corrected chi connectivity index (χ2v) is 47.0. The highest BCUT2D eigenvalue weighted by molar-refractivity contribution is 8.26. The molecule has 11 nitrogen and oxygen atoms in total. The Morgan fingerprint density at radius 3 is 0.804 bits per heavy atom. The van der Waals surface area contributed by atoms with Crippen LogP contribution in [0.4, 0.5) is 0 Å². The van der Waals surface area contributed by atoms with Gasteiger partial charge in [0.15, 0.2) is 17.5 Å². The zero-order chi connectivity index (χ0) is 92.5. The monoisotopic (exact) mass is 1880 g/mol. The predicted octanol–water partition coefficient (Wildman–Crippen LogP) is 25.6. The van der Waals surface area contributed by atoms with Crippen molar-refractivity contribution in [2.75, 3.05) is 0 Å². The average Bonchev–Trinajstić information content (AvgIpc) is 1.42. The molecule has 0 spiro atoms. The van der Waals surface area contributed by atoms with Gasteiger partial charge in [-0.25, -0.2) is 24.9 Å². The minimum Gasteiger partial charge on any atom is -0.292 e. The third-order valence-corrected chi connectivity index (χ3v) is 40.4. The van der Waals surface area contributed by atoms with Crippen molar-refractivity contribution < 1.29 is 0 Å². The van der Waals surface area contributed by atoms with E-state index in [1.807, 2.05) is 146 Å². The molecule has 0 unspecified atom stereocenters. The molecule has 0 atom stereocenters. The van der Waals surface area contributed by atoms with Crippen LogP contribution >= 0.6 is 18.1 Å². The second kappa shape index (κ2) is 37.4. The molecule has 654 valence electrons. The van der Waals surface area contributed by atoms with Crippen molar-refractivity contribution in [2.24, 2.45) is 0 Å². The summed E-state index contributed by atoms with van der Waals surface area (Å²) in [5, 5.41) is 17.4. The third kappa shape index (κ3) is 16.2. The van der Waals surface area contributed by atoms with E-state index in [0.717, 1.165) is 155 Å². The zero-order valence-electron chi connectivity index (χ0n) is 74.3. The van der Waals surface area contributed by atoms with Crippen molar-refractivity contribution in [3.05, 3.63) is 498 Å². The van der Waals surface area contributed by atoms with Crippen LogP contribution in [-0.4, -0.2) is 53.7 Å². The zero-order valence-corrected chi connectivity index (χ0v) is 79.5. The molecule has 0 amide bonds. The van der Waals surface area contributed by atoms with E-state index in [9.17, 15) is 0 Å². The van der Waals surface area contributed by atoms with Gasteiger partial charge >= 0.3 is 0 Å². The first-order valence-corrected chi connectivity index (χ1v) is 54.0. The highest BCUT2D eigenvalue weighted by atomic mass is 32.4. The van der Waals surface area contributed by atoms with E-state index in [0.29, 0.717) is 17.5 Å². The van der Waals surface area contributed by atoms with Gasteiger partial charge in [-0.3, -0.25) is 28.7 Å². The molecule has 138 heavy (non-hydrogen) atoms. The maximum absolute atomic E-state index is 7.04. The number of aromatic nitrogens is 11. The minimum atomic E-state index is -2.54. The van der Waals surface area contributed by atoms with Gasteiger partial charge in [-0.05, 0) is 209 Å². The Balaban J connectivity index is 0.000000117. The molecule has 17 heteroatoms. The molecule has 0 bridgehead atoms. The number of nitrogens with zero attached hydrogens (tertiary/aromatic N) is 11. The molecule has 25 aromatic rings. The molecular formula is C121H82N11P3S3. The van der Waals surface area contributed by atoms with Gasteiger partial charge in [0, 0.05) is 103 Å². The third-order valence-electron chi connectivity index (χ3n) is 25.5. The van der Waals surface area contributed by atoms with Crippen LogP contribution in [0.3, 0.4) is 0 Å². The second-order valence-electron chi connectivity index (χ2n) is 33.7. The number of hydrogen-bond donors (Lipinski definition) is 0. The van der Waals surface area contributed by atoms with Gasteiger partial charge in [-0.1, -0.05) is 369 Å². The van der Waals surface area contributed by atoms with Gasteiger partial charge in [0.2, 0.25) is 0 Å². The van der Waals surface area contributed by atoms with Crippen LogP contribution in [0.5, 0.6) is 0 Å². The SMILES string of the molecule is S=P(c1ccccc1)(c1ccc2c(c1)c1ccccc1n1c3ccccc3nc21)c1ccc2c(c1)c1ccccc1n1c3ccccc3nc21.S=P(c1ccccc1)(c1ccccc1)c1ccc(-c2cc(-c3ccccn3)cc(-c3ccccn3)c2)cc1.S=P(c1ccccc1)(c1ccccc1)c1ccc(-c2nc(-c3cccc(-c4ccccn4)c3)nc(-c3cccc(-c4ccccn4)c3)n2)cc1. The van der Waals surface area contributed by atoms with Crippen molar-refractivity contribution >= 4 is 178 Å².